The average molecular weight is 318 g/mol. The third-order valence-electron chi connectivity index (χ3n) is 3.03. The molecule has 5 nitrogen and oxygen atoms in total. The fraction of sp³-hybridized carbons (Fsp3) is 0.389. The molecule has 0 atom stereocenters. The van der Waals surface area contributed by atoms with Gasteiger partial charge in [0.1, 0.15) is 0 Å². The molecule has 1 aromatic carbocycles. The van der Waals surface area contributed by atoms with Crippen LogP contribution in [0.2, 0.25) is 0 Å². The Kier molecular flexibility index (Phi) is 8.33. The summed E-state index contributed by atoms with van der Waals surface area (Å²) in [6, 6.07) is 3.54. The number of rotatable bonds is 10. The molecule has 0 aromatic heterocycles. The van der Waals surface area contributed by atoms with Gasteiger partial charge in [-0.2, -0.15) is 0 Å². The Labute approximate surface area is 137 Å². The first-order valence-electron chi connectivity index (χ1n) is 7.18. The van der Waals surface area contributed by atoms with Crippen LogP contribution in [0.25, 0.3) is 6.08 Å². The SMILES string of the molecule is C#CCCOCCC(=O)/C=C/c1cc(OC)c(OC)c(OC)c1. The summed E-state index contributed by atoms with van der Waals surface area (Å²) in [6.07, 6.45) is 9.18. The fourth-order valence-electron chi connectivity index (χ4n) is 1.88. The third-order valence-corrected chi connectivity index (χ3v) is 3.03. The minimum absolute atomic E-state index is 0.0283. The minimum Gasteiger partial charge on any atom is -0.493 e. The minimum atomic E-state index is -0.0283. The topological polar surface area (TPSA) is 54.0 Å². The Morgan fingerprint density at radius 2 is 1.78 bits per heavy atom. The van der Waals surface area contributed by atoms with Crippen LogP contribution in [0, 0.1) is 12.3 Å². The highest BCUT2D eigenvalue weighted by Crippen LogP contribution is 2.38. The van der Waals surface area contributed by atoms with E-state index in [1.165, 1.54) is 6.08 Å². The Morgan fingerprint density at radius 3 is 2.30 bits per heavy atom. The largest absolute Gasteiger partial charge is 0.493 e. The summed E-state index contributed by atoms with van der Waals surface area (Å²) < 4.78 is 21.0. The molecule has 1 rings (SSSR count). The zero-order chi connectivity index (χ0) is 17.1. The molecule has 0 aliphatic rings. The predicted molar refractivity (Wildman–Crippen MR) is 89.0 cm³/mol. The van der Waals surface area contributed by atoms with E-state index >= 15 is 0 Å². The second-order valence-electron chi connectivity index (χ2n) is 4.57. The van der Waals surface area contributed by atoms with E-state index in [-0.39, 0.29) is 5.78 Å². The Balaban J connectivity index is 2.69. The van der Waals surface area contributed by atoms with E-state index in [1.54, 1.807) is 39.5 Å². The lowest BCUT2D eigenvalue weighted by molar-refractivity contribution is -0.115. The zero-order valence-electron chi connectivity index (χ0n) is 13.8. The number of carbonyl (C=O) groups excluding carboxylic acids is 1. The van der Waals surface area contributed by atoms with Gasteiger partial charge in [-0.05, 0) is 23.8 Å². The van der Waals surface area contributed by atoms with Crippen LogP contribution in [0.3, 0.4) is 0 Å². The second-order valence-corrected chi connectivity index (χ2v) is 4.57. The van der Waals surface area contributed by atoms with E-state index in [0.29, 0.717) is 43.3 Å². The number of benzene rings is 1. The second kappa shape index (κ2) is 10.3. The summed E-state index contributed by atoms with van der Waals surface area (Å²) in [5.41, 5.74) is 0.779. The van der Waals surface area contributed by atoms with Crippen molar-refractivity contribution in [1.29, 1.82) is 0 Å². The number of carbonyl (C=O) groups is 1. The summed E-state index contributed by atoms with van der Waals surface area (Å²) in [4.78, 5) is 11.8. The molecule has 0 saturated carbocycles. The fourth-order valence-corrected chi connectivity index (χ4v) is 1.88. The van der Waals surface area contributed by atoms with E-state index in [2.05, 4.69) is 5.92 Å². The number of allylic oxidation sites excluding steroid dienone is 1. The lowest BCUT2D eigenvalue weighted by atomic mass is 10.1. The quantitative estimate of drug-likeness (QED) is 0.377. The van der Waals surface area contributed by atoms with Crippen molar-refractivity contribution >= 4 is 11.9 Å². The van der Waals surface area contributed by atoms with Crippen molar-refractivity contribution < 1.29 is 23.7 Å². The summed E-state index contributed by atoms with van der Waals surface area (Å²) >= 11 is 0. The molecule has 0 heterocycles. The first-order chi connectivity index (χ1) is 11.2. The van der Waals surface area contributed by atoms with E-state index in [1.807, 2.05) is 0 Å². The number of ketones is 1. The first kappa shape index (κ1) is 18.6. The molecule has 0 spiro atoms. The van der Waals surface area contributed by atoms with Crippen LogP contribution in [0.4, 0.5) is 0 Å². The van der Waals surface area contributed by atoms with Crippen LogP contribution in [-0.2, 0) is 9.53 Å². The van der Waals surface area contributed by atoms with Gasteiger partial charge in [-0.25, -0.2) is 0 Å². The smallest absolute Gasteiger partial charge is 0.203 e. The molecule has 0 aliphatic heterocycles. The molecule has 1 aromatic rings. The van der Waals surface area contributed by atoms with Crippen LogP contribution in [0.1, 0.15) is 18.4 Å². The number of terminal acetylenes is 1. The van der Waals surface area contributed by atoms with E-state index in [9.17, 15) is 4.79 Å². The van der Waals surface area contributed by atoms with Gasteiger partial charge in [0.05, 0.1) is 34.5 Å². The standard InChI is InChI=1S/C18H22O5/c1-5-6-10-23-11-9-15(19)8-7-14-12-16(20-2)18(22-4)17(13-14)21-3/h1,7-8,12-13H,6,9-11H2,2-4H3/b8-7+. The van der Waals surface area contributed by atoms with E-state index in [4.69, 9.17) is 25.4 Å². The number of hydrogen-bond donors (Lipinski definition) is 0. The molecule has 124 valence electrons. The van der Waals surface area contributed by atoms with E-state index < -0.39 is 0 Å². The molecular formula is C18H22O5. The van der Waals surface area contributed by atoms with Gasteiger partial charge in [0.25, 0.3) is 0 Å². The van der Waals surface area contributed by atoms with Crippen molar-refractivity contribution in [3.05, 3.63) is 23.8 Å². The molecule has 0 saturated heterocycles. The van der Waals surface area contributed by atoms with Crippen molar-refractivity contribution in [2.75, 3.05) is 34.5 Å². The molecule has 0 radical (unpaired) electrons. The maximum absolute atomic E-state index is 11.8. The lowest BCUT2D eigenvalue weighted by Gasteiger charge is -2.12. The Hall–Kier alpha value is -2.45. The summed E-state index contributed by atoms with van der Waals surface area (Å²) in [5, 5.41) is 0. The van der Waals surface area contributed by atoms with Gasteiger partial charge in [-0.15, -0.1) is 12.3 Å². The monoisotopic (exact) mass is 318 g/mol. The summed E-state index contributed by atoms with van der Waals surface area (Å²) in [7, 11) is 4.63. The molecule has 0 amide bonds. The van der Waals surface area contributed by atoms with Crippen LogP contribution in [0.15, 0.2) is 18.2 Å². The highest BCUT2D eigenvalue weighted by molar-refractivity contribution is 5.93. The average Bonchev–Trinajstić information content (AvgIpc) is 2.58. The molecule has 0 bridgehead atoms. The summed E-state index contributed by atoms with van der Waals surface area (Å²) in [6.45, 7) is 0.834. The molecule has 23 heavy (non-hydrogen) atoms. The van der Waals surface area contributed by atoms with Gasteiger partial charge in [0.2, 0.25) is 5.75 Å². The zero-order valence-corrected chi connectivity index (χ0v) is 13.8. The number of methoxy groups -OCH3 is 3. The highest BCUT2D eigenvalue weighted by Gasteiger charge is 2.12. The van der Waals surface area contributed by atoms with Gasteiger partial charge in [-0.3, -0.25) is 4.79 Å². The molecule has 5 heteroatoms. The van der Waals surface area contributed by atoms with Gasteiger partial charge >= 0.3 is 0 Å². The molecule has 0 N–H and O–H groups in total. The van der Waals surface area contributed by atoms with Gasteiger partial charge in [-0.1, -0.05) is 6.08 Å². The predicted octanol–water partition coefficient (Wildman–Crippen LogP) is 2.72. The molecule has 0 fully saturated rings. The molecule has 0 aliphatic carbocycles. The Bertz CT molecular complexity index is 559. The molecular weight excluding hydrogens is 296 g/mol. The van der Waals surface area contributed by atoms with Crippen molar-refractivity contribution in [2.24, 2.45) is 0 Å². The third kappa shape index (κ3) is 6.05. The molecule has 0 unspecified atom stereocenters. The lowest BCUT2D eigenvalue weighted by Crippen LogP contribution is -2.02. The Morgan fingerprint density at radius 1 is 1.13 bits per heavy atom. The number of hydrogen-bond acceptors (Lipinski definition) is 5. The van der Waals surface area contributed by atoms with Crippen LogP contribution < -0.4 is 14.2 Å². The maximum atomic E-state index is 11.8. The van der Waals surface area contributed by atoms with Crippen LogP contribution >= 0.6 is 0 Å². The van der Waals surface area contributed by atoms with Gasteiger partial charge < -0.3 is 18.9 Å². The van der Waals surface area contributed by atoms with Crippen molar-refractivity contribution in [3.63, 3.8) is 0 Å². The van der Waals surface area contributed by atoms with Gasteiger partial charge in [0.15, 0.2) is 17.3 Å². The van der Waals surface area contributed by atoms with Gasteiger partial charge in [0, 0.05) is 12.8 Å². The maximum Gasteiger partial charge on any atom is 0.203 e. The van der Waals surface area contributed by atoms with E-state index in [0.717, 1.165) is 5.56 Å². The normalized spacial score (nSPS) is 10.3. The van der Waals surface area contributed by atoms with Crippen LogP contribution in [-0.4, -0.2) is 40.3 Å². The van der Waals surface area contributed by atoms with Crippen molar-refractivity contribution in [2.45, 2.75) is 12.8 Å². The van der Waals surface area contributed by atoms with Crippen molar-refractivity contribution in [1.82, 2.24) is 0 Å². The summed E-state index contributed by atoms with van der Waals surface area (Å²) in [5.74, 6) is 4.04. The van der Waals surface area contributed by atoms with Crippen LogP contribution in [0.5, 0.6) is 17.2 Å². The highest BCUT2D eigenvalue weighted by atomic mass is 16.5. The van der Waals surface area contributed by atoms with Crippen molar-refractivity contribution in [3.8, 4) is 29.6 Å². The first-order valence-corrected chi connectivity index (χ1v) is 7.18. The number of ether oxygens (including phenoxy) is 4.